The molecule has 140 valence electrons. The van der Waals surface area contributed by atoms with Gasteiger partial charge in [-0.25, -0.2) is 17.6 Å². The highest BCUT2D eigenvalue weighted by molar-refractivity contribution is 9.10. The first kappa shape index (κ1) is 18.8. The van der Waals surface area contributed by atoms with E-state index in [2.05, 4.69) is 41.2 Å². The number of nitrogens with zero attached hydrogens (tertiary/aromatic N) is 3. The largest absolute Gasteiger partial charge is 0.363 e. The molecule has 26 heavy (non-hydrogen) atoms. The highest BCUT2D eigenvalue weighted by Gasteiger charge is 2.17. The summed E-state index contributed by atoms with van der Waals surface area (Å²) < 4.78 is 34.8. The Bertz CT molecular complexity index is 913. The Morgan fingerprint density at radius 2 is 2.15 bits per heavy atom. The van der Waals surface area contributed by atoms with Gasteiger partial charge in [0.2, 0.25) is 5.82 Å². The predicted molar refractivity (Wildman–Crippen MR) is 102 cm³/mol. The van der Waals surface area contributed by atoms with Crippen molar-refractivity contribution in [1.29, 1.82) is 5.41 Å². The van der Waals surface area contributed by atoms with Gasteiger partial charge in [-0.2, -0.15) is 0 Å². The molecule has 3 rings (SSSR count). The molecule has 0 saturated carbocycles. The molecule has 1 fully saturated rings. The van der Waals surface area contributed by atoms with Crippen LogP contribution in [0.25, 0.3) is 0 Å². The van der Waals surface area contributed by atoms with Crippen LogP contribution in [0.4, 0.5) is 15.9 Å². The van der Waals surface area contributed by atoms with E-state index in [-0.39, 0.29) is 16.0 Å². The van der Waals surface area contributed by atoms with Gasteiger partial charge in [0.1, 0.15) is 5.82 Å². The first-order valence-corrected chi connectivity index (χ1v) is 10.7. The smallest absolute Gasteiger partial charge is 0.202 e. The zero-order chi connectivity index (χ0) is 18.6. The Hall–Kier alpha value is -2.01. The number of hydrogen-bond donors (Lipinski definition) is 3. The van der Waals surface area contributed by atoms with Gasteiger partial charge in [0, 0.05) is 33.5 Å². The van der Waals surface area contributed by atoms with E-state index in [0.29, 0.717) is 36.1 Å². The Labute approximate surface area is 158 Å². The van der Waals surface area contributed by atoms with Crippen LogP contribution in [0.3, 0.4) is 0 Å². The number of aromatic nitrogens is 2. The molecule has 2 aromatic rings. The third-order valence-electron chi connectivity index (χ3n) is 3.82. The molecule has 0 atom stereocenters. The van der Waals surface area contributed by atoms with Crippen molar-refractivity contribution in [1.82, 2.24) is 10.3 Å². The first-order valence-electron chi connectivity index (χ1n) is 8.02. The molecule has 2 heterocycles. The molecular formula is C15H18BrFN6O2S. The molecule has 0 aliphatic carbocycles. The standard InChI is InChI=1S/C15H18BrFN6O2S/c16-11-9-10(3-4-12(11)17)21-14(18)13-15(23-25-22-13)19-5-6-20-26(24)7-1-2-8-26/h3-4,9H,1-2,5-8H2,(H2,18,21)(H,19,23). The molecular weight excluding hydrogens is 427 g/mol. The number of benzene rings is 1. The molecule has 1 aliphatic heterocycles. The molecule has 0 radical (unpaired) electrons. The van der Waals surface area contributed by atoms with Crippen molar-refractivity contribution in [3.05, 3.63) is 34.2 Å². The molecule has 0 amide bonds. The van der Waals surface area contributed by atoms with Crippen LogP contribution in [0.2, 0.25) is 0 Å². The average molecular weight is 445 g/mol. The minimum absolute atomic E-state index is 0.0501. The van der Waals surface area contributed by atoms with Gasteiger partial charge in [-0.05, 0) is 57.3 Å². The van der Waals surface area contributed by atoms with Crippen LogP contribution in [0.5, 0.6) is 0 Å². The lowest BCUT2D eigenvalue weighted by molar-refractivity contribution is 0.308. The van der Waals surface area contributed by atoms with Crippen molar-refractivity contribution >= 4 is 43.0 Å². The maximum Gasteiger partial charge on any atom is 0.202 e. The summed E-state index contributed by atoms with van der Waals surface area (Å²) in [5.74, 6) is 1.19. The fourth-order valence-corrected chi connectivity index (χ4v) is 5.09. The predicted octanol–water partition coefficient (Wildman–Crippen LogP) is 3.08. The van der Waals surface area contributed by atoms with Crippen molar-refractivity contribution in [2.45, 2.75) is 12.8 Å². The summed E-state index contributed by atoms with van der Waals surface area (Å²) in [4.78, 5) is 0. The second-order valence-corrected chi connectivity index (χ2v) is 9.23. The van der Waals surface area contributed by atoms with E-state index in [1.54, 1.807) is 0 Å². The van der Waals surface area contributed by atoms with Crippen molar-refractivity contribution in [2.24, 2.45) is 4.36 Å². The van der Waals surface area contributed by atoms with Crippen LogP contribution in [-0.4, -0.2) is 45.0 Å². The summed E-state index contributed by atoms with van der Waals surface area (Å²) in [6.45, 7) is 0.796. The Morgan fingerprint density at radius 3 is 2.88 bits per heavy atom. The topological polar surface area (TPSA) is 116 Å². The van der Waals surface area contributed by atoms with E-state index in [0.717, 1.165) is 12.8 Å². The Balaban J connectivity index is 1.59. The second-order valence-electron chi connectivity index (χ2n) is 5.76. The van der Waals surface area contributed by atoms with Crippen LogP contribution < -0.4 is 10.6 Å². The number of amidine groups is 1. The molecule has 3 N–H and O–H groups in total. The SMILES string of the molecule is N=C(Nc1ccc(F)c(Br)c1)c1nonc1NCCN=S1(=O)CCCC1. The fourth-order valence-electron chi connectivity index (χ4n) is 2.52. The molecule has 0 spiro atoms. The first-order chi connectivity index (χ1) is 12.5. The third kappa shape index (κ3) is 4.58. The molecule has 11 heteroatoms. The lowest BCUT2D eigenvalue weighted by atomic mass is 10.3. The average Bonchev–Trinajstić information content (AvgIpc) is 3.24. The maximum atomic E-state index is 13.3. The van der Waals surface area contributed by atoms with Gasteiger partial charge in [0.25, 0.3) is 0 Å². The molecule has 1 aromatic heterocycles. The van der Waals surface area contributed by atoms with Gasteiger partial charge < -0.3 is 10.6 Å². The summed E-state index contributed by atoms with van der Waals surface area (Å²) >= 11 is 3.10. The molecule has 1 aliphatic rings. The van der Waals surface area contributed by atoms with Gasteiger partial charge in [-0.3, -0.25) is 5.41 Å². The van der Waals surface area contributed by atoms with Gasteiger partial charge in [-0.15, -0.1) is 0 Å². The zero-order valence-electron chi connectivity index (χ0n) is 13.8. The molecule has 0 bridgehead atoms. The number of hydrogen-bond acceptors (Lipinski definition) is 7. The summed E-state index contributed by atoms with van der Waals surface area (Å²) in [7, 11) is -2.03. The van der Waals surface area contributed by atoms with E-state index in [4.69, 9.17) is 10.0 Å². The van der Waals surface area contributed by atoms with Crippen molar-refractivity contribution in [3.63, 3.8) is 0 Å². The quantitative estimate of drug-likeness (QED) is 0.358. The van der Waals surface area contributed by atoms with Crippen molar-refractivity contribution < 1.29 is 13.2 Å². The van der Waals surface area contributed by atoms with E-state index in [1.807, 2.05) is 0 Å². The van der Waals surface area contributed by atoms with E-state index in [1.165, 1.54) is 18.2 Å². The highest BCUT2D eigenvalue weighted by atomic mass is 79.9. The molecule has 0 unspecified atom stereocenters. The van der Waals surface area contributed by atoms with Gasteiger partial charge in [0.05, 0.1) is 11.0 Å². The Morgan fingerprint density at radius 1 is 1.38 bits per heavy atom. The maximum absolute atomic E-state index is 13.3. The molecule has 1 saturated heterocycles. The number of nitrogens with one attached hydrogen (secondary N) is 3. The summed E-state index contributed by atoms with van der Waals surface area (Å²) in [6, 6.07) is 4.30. The zero-order valence-corrected chi connectivity index (χ0v) is 16.2. The van der Waals surface area contributed by atoms with Gasteiger partial charge in [-0.1, -0.05) is 0 Å². The number of halogens is 2. The highest BCUT2D eigenvalue weighted by Crippen LogP contribution is 2.21. The van der Waals surface area contributed by atoms with Crippen molar-refractivity contribution in [2.75, 3.05) is 35.2 Å². The third-order valence-corrected chi connectivity index (χ3v) is 6.94. The minimum Gasteiger partial charge on any atom is -0.363 e. The fraction of sp³-hybridized carbons (Fsp3) is 0.400. The molecule has 8 nitrogen and oxygen atoms in total. The minimum atomic E-state index is -2.03. The van der Waals surface area contributed by atoms with Crippen LogP contribution in [-0.2, 0) is 9.73 Å². The van der Waals surface area contributed by atoms with Crippen LogP contribution in [0.15, 0.2) is 31.7 Å². The number of rotatable bonds is 6. The lowest BCUT2D eigenvalue weighted by Gasteiger charge is -2.08. The lowest BCUT2D eigenvalue weighted by Crippen LogP contribution is -2.16. The van der Waals surface area contributed by atoms with Gasteiger partial charge >= 0.3 is 0 Å². The number of anilines is 2. The monoisotopic (exact) mass is 444 g/mol. The molecule has 1 aromatic carbocycles. The summed E-state index contributed by atoms with van der Waals surface area (Å²) in [5.41, 5.74) is 0.709. The van der Waals surface area contributed by atoms with E-state index >= 15 is 0 Å². The van der Waals surface area contributed by atoms with E-state index < -0.39 is 15.5 Å². The summed E-state index contributed by atoms with van der Waals surface area (Å²) in [6.07, 6.45) is 1.94. The van der Waals surface area contributed by atoms with Crippen LogP contribution >= 0.6 is 15.9 Å². The normalized spacial score (nSPS) is 15.6. The summed E-state index contributed by atoms with van der Waals surface area (Å²) in [5, 5.41) is 21.3. The van der Waals surface area contributed by atoms with Crippen molar-refractivity contribution in [3.8, 4) is 0 Å². The van der Waals surface area contributed by atoms with Gasteiger partial charge in [0.15, 0.2) is 11.5 Å². The van der Waals surface area contributed by atoms with E-state index in [9.17, 15) is 8.60 Å². The van der Waals surface area contributed by atoms with Crippen LogP contribution in [0, 0.1) is 11.2 Å². The Kier molecular flexibility index (Phi) is 5.87. The van der Waals surface area contributed by atoms with Crippen LogP contribution in [0.1, 0.15) is 18.5 Å². The second kappa shape index (κ2) is 8.12.